The summed E-state index contributed by atoms with van der Waals surface area (Å²) in [4.78, 5) is 11.7. The van der Waals surface area contributed by atoms with Crippen LogP contribution in [-0.2, 0) is 0 Å². The van der Waals surface area contributed by atoms with Gasteiger partial charge < -0.3 is 5.32 Å². The first-order valence-electron chi connectivity index (χ1n) is 4.42. The van der Waals surface area contributed by atoms with Gasteiger partial charge in [0.15, 0.2) is 0 Å². The molecule has 2 aromatic rings. The molecule has 1 aromatic heterocycles. The van der Waals surface area contributed by atoms with Gasteiger partial charge >= 0.3 is 0 Å². The number of halogens is 2. The van der Waals surface area contributed by atoms with Crippen molar-refractivity contribution in [2.45, 2.75) is 0 Å². The number of hydrogen-bond acceptors (Lipinski definition) is 2. The number of aromatic nitrogens is 2. The van der Waals surface area contributed by atoms with Gasteiger partial charge in [-0.1, -0.05) is 15.9 Å². The zero-order valence-electron chi connectivity index (χ0n) is 8.00. The zero-order valence-corrected chi connectivity index (χ0v) is 9.58. The molecular weight excluding hydrogens is 277 g/mol. The Kier molecular flexibility index (Phi) is 3.00. The lowest BCUT2D eigenvalue weighted by Gasteiger charge is -2.03. The average Bonchev–Trinajstić information content (AvgIpc) is 2.74. The van der Waals surface area contributed by atoms with Gasteiger partial charge in [-0.15, -0.1) is 0 Å². The van der Waals surface area contributed by atoms with Crippen molar-refractivity contribution < 1.29 is 9.18 Å². The van der Waals surface area contributed by atoms with E-state index in [2.05, 4.69) is 31.4 Å². The Morgan fingerprint density at radius 3 is 3.00 bits per heavy atom. The summed E-state index contributed by atoms with van der Waals surface area (Å²) in [7, 11) is 0. The maximum Gasteiger partial charge on any atom is 0.258 e. The normalized spacial score (nSPS) is 10.1. The first kappa shape index (κ1) is 10.8. The van der Waals surface area contributed by atoms with E-state index < -0.39 is 11.7 Å². The minimum absolute atomic E-state index is 0.0180. The number of rotatable bonds is 2. The molecule has 0 saturated heterocycles. The van der Waals surface area contributed by atoms with Crippen molar-refractivity contribution in [3.63, 3.8) is 0 Å². The molecule has 0 aliphatic heterocycles. The summed E-state index contributed by atoms with van der Waals surface area (Å²) in [6, 6.07) is 4.18. The van der Waals surface area contributed by atoms with Crippen molar-refractivity contribution in [1.29, 1.82) is 0 Å². The SMILES string of the molecule is O=C(Nc1cn[nH]c1)c1cc(Br)ccc1F. The fourth-order valence-corrected chi connectivity index (χ4v) is 1.55. The monoisotopic (exact) mass is 283 g/mol. The molecule has 16 heavy (non-hydrogen) atoms. The highest BCUT2D eigenvalue weighted by atomic mass is 79.9. The lowest BCUT2D eigenvalue weighted by molar-refractivity contribution is 0.102. The molecule has 0 bridgehead atoms. The molecular formula is C10H7BrFN3O. The Morgan fingerprint density at radius 2 is 2.31 bits per heavy atom. The predicted molar refractivity (Wildman–Crippen MR) is 60.6 cm³/mol. The number of aromatic amines is 1. The number of anilines is 1. The lowest BCUT2D eigenvalue weighted by Crippen LogP contribution is -2.13. The highest BCUT2D eigenvalue weighted by Crippen LogP contribution is 2.16. The Hall–Kier alpha value is -1.69. The number of nitrogens with one attached hydrogen (secondary N) is 2. The van der Waals surface area contributed by atoms with Crippen LogP contribution in [0.15, 0.2) is 35.1 Å². The molecule has 0 fully saturated rings. The first-order chi connectivity index (χ1) is 7.66. The molecule has 1 aromatic carbocycles. The van der Waals surface area contributed by atoms with Gasteiger partial charge in [0.2, 0.25) is 0 Å². The van der Waals surface area contributed by atoms with Crippen molar-refractivity contribution >= 4 is 27.5 Å². The molecule has 0 aliphatic carbocycles. The van der Waals surface area contributed by atoms with E-state index in [-0.39, 0.29) is 5.56 Å². The molecule has 4 nitrogen and oxygen atoms in total. The number of nitrogens with zero attached hydrogens (tertiary/aromatic N) is 1. The third kappa shape index (κ3) is 2.27. The summed E-state index contributed by atoms with van der Waals surface area (Å²) < 4.78 is 14.0. The van der Waals surface area contributed by atoms with E-state index in [1.165, 1.54) is 30.6 Å². The van der Waals surface area contributed by atoms with Crippen LogP contribution < -0.4 is 5.32 Å². The van der Waals surface area contributed by atoms with E-state index in [0.717, 1.165) is 0 Å². The minimum atomic E-state index is -0.566. The number of benzene rings is 1. The van der Waals surface area contributed by atoms with Gasteiger partial charge in [0, 0.05) is 10.7 Å². The first-order valence-corrected chi connectivity index (χ1v) is 5.21. The third-order valence-electron chi connectivity index (χ3n) is 1.93. The number of carbonyl (C=O) groups excluding carboxylic acids is 1. The van der Waals surface area contributed by atoms with Crippen LogP contribution in [0.1, 0.15) is 10.4 Å². The number of hydrogen-bond donors (Lipinski definition) is 2. The van der Waals surface area contributed by atoms with E-state index >= 15 is 0 Å². The van der Waals surface area contributed by atoms with Gasteiger partial charge in [-0.05, 0) is 18.2 Å². The van der Waals surface area contributed by atoms with Crippen LogP contribution in [0, 0.1) is 5.82 Å². The molecule has 0 unspecified atom stereocenters. The van der Waals surface area contributed by atoms with E-state index in [4.69, 9.17) is 0 Å². The molecule has 1 amide bonds. The molecule has 1 heterocycles. The summed E-state index contributed by atoms with van der Waals surface area (Å²) in [5.74, 6) is -1.08. The van der Waals surface area contributed by atoms with Gasteiger partial charge in [-0.25, -0.2) is 4.39 Å². The summed E-state index contributed by atoms with van der Waals surface area (Å²) in [6.45, 7) is 0. The number of amides is 1. The molecule has 0 saturated carbocycles. The Bertz CT molecular complexity index is 513. The minimum Gasteiger partial charge on any atom is -0.319 e. The molecule has 0 aliphatic rings. The van der Waals surface area contributed by atoms with Gasteiger partial charge in [0.25, 0.3) is 5.91 Å². The van der Waals surface area contributed by atoms with Gasteiger partial charge in [0.05, 0.1) is 17.4 Å². The third-order valence-corrected chi connectivity index (χ3v) is 2.42. The Morgan fingerprint density at radius 1 is 1.50 bits per heavy atom. The summed E-state index contributed by atoms with van der Waals surface area (Å²) >= 11 is 3.18. The van der Waals surface area contributed by atoms with Crippen molar-refractivity contribution in [1.82, 2.24) is 10.2 Å². The van der Waals surface area contributed by atoms with Crippen molar-refractivity contribution in [2.75, 3.05) is 5.32 Å². The molecule has 0 atom stereocenters. The van der Waals surface area contributed by atoms with E-state index in [1.807, 2.05) is 0 Å². The Labute approximate surface area is 99.0 Å². The average molecular weight is 284 g/mol. The zero-order chi connectivity index (χ0) is 11.5. The van der Waals surface area contributed by atoms with Crippen LogP contribution in [0.2, 0.25) is 0 Å². The molecule has 0 radical (unpaired) electrons. The second kappa shape index (κ2) is 4.44. The highest BCUT2D eigenvalue weighted by molar-refractivity contribution is 9.10. The lowest BCUT2D eigenvalue weighted by atomic mass is 10.2. The predicted octanol–water partition coefficient (Wildman–Crippen LogP) is 2.56. The highest BCUT2D eigenvalue weighted by Gasteiger charge is 2.12. The molecule has 6 heteroatoms. The van der Waals surface area contributed by atoms with E-state index in [0.29, 0.717) is 10.2 Å². The number of H-pyrrole nitrogens is 1. The van der Waals surface area contributed by atoms with Crippen LogP contribution in [0.25, 0.3) is 0 Å². The fourth-order valence-electron chi connectivity index (χ4n) is 1.19. The van der Waals surface area contributed by atoms with Gasteiger partial charge in [-0.3, -0.25) is 9.89 Å². The van der Waals surface area contributed by atoms with Crippen molar-refractivity contribution in [3.05, 3.63) is 46.4 Å². The summed E-state index contributed by atoms with van der Waals surface area (Å²) in [5, 5.41) is 8.72. The molecule has 2 N–H and O–H groups in total. The molecule has 82 valence electrons. The topological polar surface area (TPSA) is 57.8 Å². The smallest absolute Gasteiger partial charge is 0.258 e. The second-order valence-electron chi connectivity index (χ2n) is 3.07. The Balaban J connectivity index is 2.24. The number of carbonyl (C=O) groups is 1. The maximum atomic E-state index is 13.3. The van der Waals surface area contributed by atoms with Gasteiger partial charge in [-0.2, -0.15) is 5.10 Å². The van der Waals surface area contributed by atoms with Gasteiger partial charge in [0.1, 0.15) is 5.82 Å². The van der Waals surface area contributed by atoms with Crippen LogP contribution in [0.5, 0.6) is 0 Å². The van der Waals surface area contributed by atoms with E-state index in [9.17, 15) is 9.18 Å². The van der Waals surface area contributed by atoms with Crippen LogP contribution in [-0.4, -0.2) is 16.1 Å². The quantitative estimate of drug-likeness (QED) is 0.890. The summed E-state index contributed by atoms with van der Waals surface area (Å²) in [6.07, 6.45) is 2.95. The second-order valence-corrected chi connectivity index (χ2v) is 3.98. The van der Waals surface area contributed by atoms with Crippen LogP contribution >= 0.6 is 15.9 Å². The van der Waals surface area contributed by atoms with Crippen LogP contribution in [0.3, 0.4) is 0 Å². The fraction of sp³-hybridized carbons (Fsp3) is 0. The largest absolute Gasteiger partial charge is 0.319 e. The molecule has 2 rings (SSSR count). The van der Waals surface area contributed by atoms with Crippen LogP contribution in [0.4, 0.5) is 10.1 Å². The molecule has 0 spiro atoms. The van der Waals surface area contributed by atoms with Crippen molar-refractivity contribution in [3.8, 4) is 0 Å². The summed E-state index contributed by atoms with van der Waals surface area (Å²) in [5.41, 5.74) is 0.472. The maximum absolute atomic E-state index is 13.3. The van der Waals surface area contributed by atoms with E-state index in [1.54, 1.807) is 0 Å². The standard InChI is InChI=1S/C10H7BrFN3O/c11-6-1-2-9(12)8(3-6)10(16)15-7-4-13-14-5-7/h1-5H,(H,13,14)(H,15,16). The van der Waals surface area contributed by atoms with Crippen molar-refractivity contribution in [2.24, 2.45) is 0 Å².